The number of thioether (sulfide) groups is 1. The van der Waals surface area contributed by atoms with Crippen LogP contribution >= 0.6 is 11.8 Å². The first-order valence-electron chi connectivity index (χ1n) is 2.41. The number of hydrogen-bond acceptors (Lipinski definition) is 5. The van der Waals surface area contributed by atoms with Gasteiger partial charge in [-0.1, -0.05) is 11.8 Å². The first kappa shape index (κ1) is 6.41. The number of nitrogens with zero attached hydrogens (tertiary/aromatic N) is 4. The van der Waals surface area contributed by atoms with Crippen molar-refractivity contribution in [2.75, 3.05) is 6.26 Å². The van der Waals surface area contributed by atoms with Gasteiger partial charge in [-0.25, -0.2) is 0 Å². The van der Waals surface area contributed by atoms with Crippen molar-refractivity contribution in [3.63, 3.8) is 0 Å². The third-order valence-corrected chi connectivity index (χ3v) is 1.27. The van der Waals surface area contributed by atoms with Gasteiger partial charge in [-0.05, 0) is 13.2 Å². The lowest BCUT2D eigenvalue weighted by Crippen LogP contribution is -1.96. The van der Waals surface area contributed by atoms with Crippen molar-refractivity contribution in [2.45, 2.75) is 12.1 Å². The Morgan fingerprint density at radius 1 is 1.11 bits per heavy atom. The summed E-state index contributed by atoms with van der Waals surface area (Å²) in [4.78, 5) is 0. The Bertz CT molecular complexity index is 184. The number of rotatable bonds is 1. The number of aromatic nitrogens is 4. The summed E-state index contributed by atoms with van der Waals surface area (Å²) in [7, 11) is 0. The first-order valence-corrected chi connectivity index (χ1v) is 3.63. The van der Waals surface area contributed by atoms with Crippen LogP contribution in [0.4, 0.5) is 0 Å². The van der Waals surface area contributed by atoms with Crippen LogP contribution in [0.3, 0.4) is 0 Å². The molecule has 48 valence electrons. The lowest BCUT2D eigenvalue weighted by molar-refractivity contribution is 0.714. The highest BCUT2D eigenvalue weighted by atomic mass is 32.2. The van der Waals surface area contributed by atoms with E-state index >= 15 is 0 Å². The second-order valence-corrected chi connectivity index (χ2v) is 2.21. The molecule has 0 aliphatic rings. The molecule has 0 aliphatic carbocycles. The molecule has 1 aromatic heterocycles. The van der Waals surface area contributed by atoms with E-state index < -0.39 is 0 Å². The van der Waals surface area contributed by atoms with E-state index in [0.29, 0.717) is 11.0 Å². The molecule has 0 spiro atoms. The van der Waals surface area contributed by atoms with Crippen molar-refractivity contribution in [1.82, 2.24) is 20.4 Å². The van der Waals surface area contributed by atoms with E-state index in [9.17, 15) is 0 Å². The Balaban J connectivity index is 2.88. The molecular formula is C4H6N4S. The highest BCUT2D eigenvalue weighted by Gasteiger charge is 1.92. The number of hydrogen-bond donors (Lipinski definition) is 0. The molecule has 0 aliphatic heterocycles. The monoisotopic (exact) mass is 142 g/mol. The van der Waals surface area contributed by atoms with Crippen LogP contribution in [-0.4, -0.2) is 26.7 Å². The molecule has 1 heterocycles. The zero-order valence-corrected chi connectivity index (χ0v) is 6.01. The normalized spacial score (nSPS) is 9.56. The molecule has 1 rings (SSSR count). The predicted octanol–water partition coefficient (Wildman–Crippen LogP) is 0.297. The van der Waals surface area contributed by atoms with Crippen molar-refractivity contribution in [2.24, 2.45) is 0 Å². The molecule has 0 amide bonds. The van der Waals surface area contributed by atoms with Crippen LogP contribution in [0.25, 0.3) is 0 Å². The molecule has 0 fully saturated rings. The van der Waals surface area contributed by atoms with Gasteiger partial charge >= 0.3 is 0 Å². The summed E-state index contributed by atoms with van der Waals surface area (Å²) in [5, 5.41) is 15.5. The quantitative estimate of drug-likeness (QED) is 0.528. The van der Waals surface area contributed by atoms with Crippen LogP contribution in [0.15, 0.2) is 5.16 Å². The van der Waals surface area contributed by atoms with Crippen molar-refractivity contribution in [1.29, 1.82) is 0 Å². The van der Waals surface area contributed by atoms with E-state index in [-0.39, 0.29) is 0 Å². The maximum atomic E-state index is 3.74. The van der Waals surface area contributed by atoms with Gasteiger partial charge in [-0.3, -0.25) is 0 Å². The molecule has 0 radical (unpaired) electrons. The molecule has 0 unspecified atom stereocenters. The van der Waals surface area contributed by atoms with Gasteiger partial charge < -0.3 is 0 Å². The summed E-state index contributed by atoms with van der Waals surface area (Å²) >= 11 is 1.43. The second kappa shape index (κ2) is 2.72. The van der Waals surface area contributed by atoms with Crippen LogP contribution in [0.2, 0.25) is 0 Å². The summed E-state index contributed by atoms with van der Waals surface area (Å²) in [5.74, 6) is 0.604. The Morgan fingerprint density at radius 2 is 1.67 bits per heavy atom. The molecule has 1 aromatic rings. The fourth-order valence-electron chi connectivity index (χ4n) is 0.352. The third kappa shape index (κ3) is 1.60. The van der Waals surface area contributed by atoms with Gasteiger partial charge in [0.2, 0.25) is 5.16 Å². The van der Waals surface area contributed by atoms with Crippen molar-refractivity contribution < 1.29 is 0 Å². The van der Waals surface area contributed by atoms with Crippen LogP contribution in [0.5, 0.6) is 0 Å². The Morgan fingerprint density at radius 3 is 2.11 bits per heavy atom. The summed E-state index contributed by atoms with van der Waals surface area (Å²) in [6, 6.07) is 0. The minimum atomic E-state index is 0.604. The SMILES string of the molecule is CSc1nnc(C)nn1. The fourth-order valence-corrected chi connectivity index (χ4v) is 0.597. The van der Waals surface area contributed by atoms with Crippen LogP contribution in [0.1, 0.15) is 5.82 Å². The van der Waals surface area contributed by atoms with E-state index in [1.807, 2.05) is 6.26 Å². The lowest BCUT2D eigenvalue weighted by Gasteiger charge is -1.88. The topological polar surface area (TPSA) is 51.6 Å². The maximum Gasteiger partial charge on any atom is 0.229 e. The van der Waals surface area contributed by atoms with Gasteiger partial charge in [0.1, 0.15) is 0 Å². The van der Waals surface area contributed by atoms with Crippen LogP contribution in [-0.2, 0) is 0 Å². The highest BCUT2D eigenvalue weighted by molar-refractivity contribution is 7.98. The zero-order chi connectivity index (χ0) is 6.69. The largest absolute Gasteiger partial charge is 0.229 e. The minimum absolute atomic E-state index is 0.604. The van der Waals surface area contributed by atoms with E-state index in [0.717, 1.165) is 0 Å². The van der Waals surface area contributed by atoms with Crippen LogP contribution < -0.4 is 0 Å². The van der Waals surface area contributed by atoms with E-state index in [1.165, 1.54) is 11.8 Å². The van der Waals surface area contributed by atoms with E-state index in [2.05, 4.69) is 20.4 Å². The van der Waals surface area contributed by atoms with Crippen molar-refractivity contribution in [3.8, 4) is 0 Å². The third-order valence-electron chi connectivity index (χ3n) is 0.743. The summed E-state index contributed by atoms with van der Waals surface area (Å²) in [5.41, 5.74) is 0. The lowest BCUT2D eigenvalue weighted by atomic mass is 10.8. The smallest absolute Gasteiger partial charge is 0.131 e. The van der Waals surface area contributed by atoms with Gasteiger partial charge in [-0.2, -0.15) is 0 Å². The van der Waals surface area contributed by atoms with Crippen molar-refractivity contribution in [3.05, 3.63) is 5.82 Å². The number of aryl methyl sites for hydroxylation is 1. The standard InChI is InChI=1S/C4H6N4S/c1-3-5-7-4(9-2)8-6-3/h1-2H3. The van der Waals surface area contributed by atoms with Gasteiger partial charge in [0, 0.05) is 0 Å². The minimum Gasteiger partial charge on any atom is -0.131 e. The molecule has 0 aromatic carbocycles. The molecule has 5 heteroatoms. The molecule has 0 N–H and O–H groups in total. The molecule has 9 heavy (non-hydrogen) atoms. The maximum absolute atomic E-state index is 3.74. The summed E-state index contributed by atoms with van der Waals surface area (Å²) in [6.07, 6.45) is 1.88. The fraction of sp³-hybridized carbons (Fsp3) is 0.500. The Labute approximate surface area is 57.1 Å². The molecule has 0 saturated carbocycles. The average molecular weight is 142 g/mol. The zero-order valence-electron chi connectivity index (χ0n) is 5.20. The summed E-state index contributed by atoms with van der Waals surface area (Å²) < 4.78 is 0. The van der Waals surface area contributed by atoms with Gasteiger partial charge in [0.25, 0.3) is 0 Å². The summed E-state index contributed by atoms with van der Waals surface area (Å²) in [6.45, 7) is 1.75. The predicted molar refractivity (Wildman–Crippen MR) is 34.1 cm³/mol. The van der Waals surface area contributed by atoms with E-state index in [4.69, 9.17) is 0 Å². The van der Waals surface area contributed by atoms with Crippen molar-refractivity contribution >= 4 is 11.8 Å². The van der Waals surface area contributed by atoms with Crippen LogP contribution in [0, 0.1) is 6.92 Å². The van der Waals surface area contributed by atoms with E-state index in [1.54, 1.807) is 6.92 Å². The second-order valence-electron chi connectivity index (χ2n) is 1.43. The molecule has 0 bridgehead atoms. The Hall–Kier alpha value is -0.710. The molecule has 4 nitrogen and oxygen atoms in total. The van der Waals surface area contributed by atoms with Gasteiger partial charge in [0.15, 0.2) is 5.82 Å². The average Bonchev–Trinajstić information content (AvgIpc) is 1.90. The molecule has 0 saturated heterocycles. The first-order chi connectivity index (χ1) is 4.33. The molecular weight excluding hydrogens is 136 g/mol. The Kier molecular flexibility index (Phi) is 1.94. The molecule has 0 atom stereocenters. The van der Waals surface area contributed by atoms with Gasteiger partial charge in [-0.15, -0.1) is 20.4 Å². The van der Waals surface area contributed by atoms with Gasteiger partial charge in [0.05, 0.1) is 0 Å². The highest BCUT2D eigenvalue weighted by Crippen LogP contribution is 2.01.